The minimum atomic E-state index is -0.126. The van der Waals surface area contributed by atoms with Crippen LogP contribution in [0.5, 0.6) is 11.5 Å². The molecule has 1 heterocycles. The summed E-state index contributed by atoms with van der Waals surface area (Å²) in [5.41, 5.74) is 1.52. The molecule has 3 rings (SSSR count). The molecule has 0 bridgehead atoms. The first-order valence-corrected chi connectivity index (χ1v) is 8.95. The molecule has 0 atom stereocenters. The van der Waals surface area contributed by atoms with E-state index in [1.807, 2.05) is 6.92 Å². The summed E-state index contributed by atoms with van der Waals surface area (Å²) >= 11 is 0. The van der Waals surface area contributed by atoms with Gasteiger partial charge in [-0.15, -0.1) is 0 Å². The van der Waals surface area contributed by atoms with Crippen LogP contribution in [0.15, 0.2) is 16.7 Å². The number of ether oxygens (including phenoxy) is 2. The number of nitrogens with one attached hydrogen (secondary N) is 1. The summed E-state index contributed by atoms with van der Waals surface area (Å²) in [6.07, 6.45) is 5.38. The Bertz CT molecular complexity index is 741. The molecule has 2 aromatic rings. The minimum absolute atomic E-state index is 0.126. The number of nitrogens with zero attached hydrogens (tertiary/aromatic N) is 2. The maximum absolute atomic E-state index is 12.3. The van der Waals surface area contributed by atoms with Gasteiger partial charge in [-0.3, -0.25) is 4.79 Å². The van der Waals surface area contributed by atoms with Crippen molar-refractivity contribution in [2.24, 2.45) is 0 Å². The molecule has 0 radical (unpaired) electrons. The van der Waals surface area contributed by atoms with Crippen molar-refractivity contribution in [1.29, 1.82) is 0 Å². The summed E-state index contributed by atoms with van der Waals surface area (Å²) in [6.45, 7) is 1.90. The zero-order chi connectivity index (χ0) is 18.5. The van der Waals surface area contributed by atoms with E-state index in [0.717, 1.165) is 24.2 Å². The normalized spacial score (nSPS) is 14.4. The average Bonchev–Trinajstić information content (AvgIpc) is 3.32. The molecule has 1 fully saturated rings. The molecule has 1 aromatic carbocycles. The average molecular weight is 359 g/mol. The van der Waals surface area contributed by atoms with Gasteiger partial charge in [-0.25, -0.2) is 0 Å². The number of aromatic nitrogens is 2. The largest absolute Gasteiger partial charge is 0.496 e. The number of carbonyl (C=O) groups is 1. The fourth-order valence-electron chi connectivity index (χ4n) is 3.32. The van der Waals surface area contributed by atoms with E-state index in [2.05, 4.69) is 15.5 Å². The number of methoxy groups -OCH3 is 2. The standard InChI is InChI=1S/C19H25N3O4/c1-12-15(24-2)10-14(11-16(12)25-3)20-17(23)8-9-18-21-19(22-26-18)13-6-4-5-7-13/h10-11,13H,4-9H2,1-3H3,(H,20,23). The van der Waals surface area contributed by atoms with Crippen LogP contribution >= 0.6 is 0 Å². The van der Waals surface area contributed by atoms with Crippen LogP contribution in [-0.4, -0.2) is 30.3 Å². The van der Waals surface area contributed by atoms with Gasteiger partial charge in [0.15, 0.2) is 5.82 Å². The van der Waals surface area contributed by atoms with Gasteiger partial charge in [0, 0.05) is 42.1 Å². The van der Waals surface area contributed by atoms with Gasteiger partial charge in [0.1, 0.15) is 11.5 Å². The molecular weight excluding hydrogens is 334 g/mol. The van der Waals surface area contributed by atoms with Crippen LogP contribution in [0.3, 0.4) is 0 Å². The number of hydrogen-bond donors (Lipinski definition) is 1. The predicted octanol–water partition coefficient (Wildman–Crippen LogP) is 3.62. The third-order valence-electron chi connectivity index (χ3n) is 4.81. The molecule has 140 valence electrons. The van der Waals surface area contributed by atoms with Crippen molar-refractivity contribution in [3.8, 4) is 11.5 Å². The maximum atomic E-state index is 12.3. The highest BCUT2D eigenvalue weighted by atomic mass is 16.5. The molecule has 1 saturated carbocycles. The van der Waals surface area contributed by atoms with Gasteiger partial charge in [-0.1, -0.05) is 18.0 Å². The van der Waals surface area contributed by atoms with Crippen LogP contribution in [0.1, 0.15) is 55.3 Å². The van der Waals surface area contributed by atoms with Gasteiger partial charge in [0.25, 0.3) is 0 Å². The fourth-order valence-corrected chi connectivity index (χ4v) is 3.32. The molecule has 1 amide bonds. The van der Waals surface area contributed by atoms with Crippen LogP contribution in [0.4, 0.5) is 5.69 Å². The van der Waals surface area contributed by atoms with E-state index >= 15 is 0 Å². The van der Waals surface area contributed by atoms with E-state index in [1.165, 1.54) is 12.8 Å². The number of benzene rings is 1. The number of carbonyl (C=O) groups excluding carboxylic acids is 1. The molecule has 0 saturated heterocycles. The van der Waals surface area contributed by atoms with E-state index in [0.29, 0.717) is 35.4 Å². The molecular formula is C19H25N3O4. The first-order chi connectivity index (χ1) is 12.6. The second-order valence-corrected chi connectivity index (χ2v) is 6.58. The Labute approximate surface area is 153 Å². The number of rotatable bonds is 7. The van der Waals surface area contributed by atoms with Gasteiger partial charge in [0.05, 0.1) is 14.2 Å². The second kappa shape index (κ2) is 8.21. The van der Waals surface area contributed by atoms with Gasteiger partial charge < -0.3 is 19.3 Å². The molecule has 1 aromatic heterocycles. The summed E-state index contributed by atoms with van der Waals surface area (Å²) < 4.78 is 15.9. The first-order valence-electron chi connectivity index (χ1n) is 8.95. The second-order valence-electron chi connectivity index (χ2n) is 6.58. The summed E-state index contributed by atoms with van der Waals surface area (Å²) in [7, 11) is 3.18. The lowest BCUT2D eigenvalue weighted by molar-refractivity contribution is -0.116. The zero-order valence-corrected chi connectivity index (χ0v) is 15.5. The topological polar surface area (TPSA) is 86.5 Å². The molecule has 26 heavy (non-hydrogen) atoms. The highest BCUT2D eigenvalue weighted by Gasteiger charge is 2.22. The molecule has 0 aliphatic heterocycles. The first kappa shape index (κ1) is 18.2. The summed E-state index contributed by atoms with van der Waals surface area (Å²) in [5.74, 6) is 2.91. The Morgan fingerprint density at radius 2 is 1.88 bits per heavy atom. The number of hydrogen-bond acceptors (Lipinski definition) is 6. The Morgan fingerprint density at radius 1 is 1.23 bits per heavy atom. The Hall–Kier alpha value is -2.57. The molecule has 1 N–H and O–H groups in total. The van der Waals surface area contributed by atoms with Crippen molar-refractivity contribution in [3.63, 3.8) is 0 Å². The SMILES string of the molecule is COc1cc(NC(=O)CCc2nc(C3CCCC3)no2)cc(OC)c1C. The van der Waals surface area contributed by atoms with Crippen LogP contribution in [0.2, 0.25) is 0 Å². The highest BCUT2D eigenvalue weighted by molar-refractivity contribution is 5.91. The highest BCUT2D eigenvalue weighted by Crippen LogP contribution is 2.33. The summed E-state index contributed by atoms with van der Waals surface area (Å²) in [5, 5.41) is 6.93. The number of anilines is 1. The van der Waals surface area contributed by atoms with Crippen LogP contribution in [0.25, 0.3) is 0 Å². The molecule has 7 heteroatoms. The lowest BCUT2D eigenvalue weighted by atomic mass is 10.1. The molecule has 0 unspecified atom stereocenters. The Morgan fingerprint density at radius 3 is 2.50 bits per heavy atom. The van der Waals surface area contributed by atoms with E-state index in [1.54, 1.807) is 26.4 Å². The summed E-state index contributed by atoms with van der Waals surface area (Å²) in [4.78, 5) is 16.7. The van der Waals surface area contributed by atoms with Gasteiger partial charge in [-0.05, 0) is 19.8 Å². The monoisotopic (exact) mass is 359 g/mol. The lowest BCUT2D eigenvalue weighted by Gasteiger charge is -2.13. The van der Waals surface area contributed by atoms with Crippen molar-refractivity contribution in [3.05, 3.63) is 29.4 Å². The maximum Gasteiger partial charge on any atom is 0.227 e. The van der Waals surface area contributed by atoms with E-state index in [-0.39, 0.29) is 12.3 Å². The van der Waals surface area contributed by atoms with Crippen molar-refractivity contribution in [2.45, 2.75) is 51.4 Å². The van der Waals surface area contributed by atoms with Gasteiger partial charge in [-0.2, -0.15) is 4.98 Å². The van der Waals surface area contributed by atoms with Crippen molar-refractivity contribution in [1.82, 2.24) is 10.1 Å². The van der Waals surface area contributed by atoms with Crippen molar-refractivity contribution in [2.75, 3.05) is 19.5 Å². The van der Waals surface area contributed by atoms with Crippen molar-refractivity contribution >= 4 is 11.6 Å². The quantitative estimate of drug-likeness (QED) is 0.812. The molecule has 1 aliphatic rings. The summed E-state index contributed by atoms with van der Waals surface area (Å²) in [6, 6.07) is 3.56. The number of aryl methyl sites for hydroxylation is 1. The Kier molecular flexibility index (Phi) is 5.75. The Balaban J connectivity index is 1.57. The van der Waals surface area contributed by atoms with E-state index in [9.17, 15) is 4.79 Å². The fraction of sp³-hybridized carbons (Fsp3) is 0.526. The minimum Gasteiger partial charge on any atom is -0.496 e. The van der Waals surface area contributed by atoms with E-state index in [4.69, 9.17) is 14.0 Å². The number of amides is 1. The van der Waals surface area contributed by atoms with Gasteiger partial charge in [0.2, 0.25) is 11.8 Å². The zero-order valence-electron chi connectivity index (χ0n) is 15.5. The van der Waals surface area contributed by atoms with E-state index < -0.39 is 0 Å². The van der Waals surface area contributed by atoms with Crippen molar-refractivity contribution < 1.29 is 18.8 Å². The van der Waals surface area contributed by atoms with Crippen LogP contribution in [0, 0.1) is 6.92 Å². The molecule has 1 aliphatic carbocycles. The van der Waals surface area contributed by atoms with Gasteiger partial charge >= 0.3 is 0 Å². The molecule has 0 spiro atoms. The third-order valence-corrected chi connectivity index (χ3v) is 4.81. The third kappa shape index (κ3) is 4.15. The smallest absolute Gasteiger partial charge is 0.227 e. The lowest BCUT2D eigenvalue weighted by Crippen LogP contribution is -2.13. The van der Waals surface area contributed by atoms with Crippen LogP contribution in [-0.2, 0) is 11.2 Å². The van der Waals surface area contributed by atoms with Crippen LogP contribution < -0.4 is 14.8 Å². The predicted molar refractivity (Wildman–Crippen MR) is 96.7 cm³/mol. The molecule has 7 nitrogen and oxygen atoms in total.